The van der Waals surface area contributed by atoms with Crippen molar-refractivity contribution in [3.05, 3.63) is 72.4 Å². The maximum atomic E-state index is 12.9. The molecule has 0 spiro atoms. The molecule has 1 fully saturated rings. The molecule has 0 bridgehead atoms. The van der Waals surface area contributed by atoms with E-state index in [1.165, 1.54) is 0 Å². The first-order valence-electron chi connectivity index (χ1n) is 14.4. The molecule has 3 aromatic rings. The lowest BCUT2D eigenvalue weighted by Crippen LogP contribution is -2.37. The molecule has 1 heterocycles. The molecule has 40 heavy (non-hydrogen) atoms. The highest BCUT2D eigenvalue weighted by Crippen LogP contribution is 2.35. The fourth-order valence-corrected chi connectivity index (χ4v) is 5.89. The van der Waals surface area contributed by atoms with Gasteiger partial charge in [0.1, 0.15) is 0 Å². The van der Waals surface area contributed by atoms with E-state index in [0.29, 0.717) is 24.4 Å². The average Bonchev–Trinajstić information content (AvgIpc) is 2.95. The van der Waals surface area contributed by atoms with Crippen LogP contribution in [0.25, 0.3) is 22.4 Å². The molecule has 7 heteroatoms. The summed E-state index contributed by atoms with van der Waals surface area (Å²) in [6.45, 7) is 3.70. The third kappa shape index (κ3) is 7.55. The molecule has 2 aromatic carbocycles. The monoisotopic (exact) mass is 542 g/mol. The molecule has 5 N–H and O–H groups in total. The van der Waals surface area contributed by atoms with Crippen molar-refractivity contribution in [3.63, 3.8) is 0 Å². The molecule has 1 aliphatic carbocycles. The van der Waals surface area contributed by atoms with E-state index in [2.05, 4.69) is 17.6 Å². The minimum absolute atomic E-state index is 0.00739. The summed E-state index contributed by atoms with van der Waals surface area (Å²) < 4.78 is 0. The van der Waals surface area contributed by atoms with Crippen molar-refractivity contribution >= 4 is 17.5 Å². The first-order valence-corrected chi connectivity index (χ1v) is 14.4. The molecular formula is C33H42N4O3. The lowest BCUT2D eigenvalue weighted by Gasteiger charge is -2.29. The number of nitrogens with two attached hydrogens (primary N) is 1. The fourth-order valence-electron chi connectivity index (χ4n) is 5.89. The van der Waals surface area contributed by atoms with Crippen LogP contribution in [0.4, 0.5) is 5.69 Å². The van der Waals surface area contributed by atoms with E-state index in [9.17, 15) is 14.7 Å². The van der Waals surface area contributed by atoms with Crippen LogP contribution in [0.5, 0.6) is 0 Å². The predicted octanol–water partition coefficient (Wildman–Crippen LogP) is 5.78. The van der Waals surface area contributed by atoms with Gasteiger partial charge in [0, 0.05) is 42.7 Å². The molecule has 1 aromatic heterocycles. The van der Waals surface area contributed by atoms with Crippen molar-refractivity contribution in [2.45, 2.75) is 76.8 Å². The summed E-state index contributed by atoms with van der Waals surface area (Å²) in [6.07, 6.45) is 8.11. The fraction of sp³-hybridized carbons (Fsp3) is 0.424. The highest BCUT2D eigenvalue weighted by atomic mass is 16.3. The molecule has 0 aliphatic heterocycles. The van der Waals surface area contributed by atoms with Crippen LogP contribution in [0.3, 0.4) is 0 Å². The van der Waals surface area contributed by atoms with Gasteiger partial charge in [-0.05, 0) is 61.6 Å². The summed E-state index contributed by atoms with van der Waals surface area (Å²) in [6, 6.07) is 20.4. The van der Waals surface area contributed by atoms with Gasteiger partial charge in [-0.3, -0.25) is 14.6 Å². The summed E-state index contributed by atoms with van der Waals surface area (Å²) >= 11 is 0. The van der Waals surface area contributed by atoms with Crippen molar-refractivity contribution in [2.75, 3.05) is 11.9 Å². The van der Waals surface area contributed by atoms with Crippen LogP contribution in [0.2, 0.25) is 0 Å². The zero-order valence-electron chi connectivity index (χ0n) is 23.7. The number of anilines is 1. The first kappa shape index (κ1) is 29.4. The number of aromatic nitrogens is 1. The Bertz CT molecular complexity index is 1260. The lowest BCUT2D eigenvalue weighted by molar-refractivity contribution is -0.120. The maximum Gasteiger partial charge on any atom is 0.224 e. The highest BCUT2D eigenvalue weighted by Gasteiger charge is 2.26. The van der Waals surface area contributed by atoms with Gasteiger partial charge in [-0.1, -0.05) is 67.9 Å². The summed E-state index contributed by atoms with van der Waals surface area (Å²) in [5.41, 5.74) is 11.5. The smallest absolute Gasteiger partial charge is 0.224 e. The van der Waals surface area contributed by atoms with Gasteiger partial charge in [0.15, 0.2) is 0 Å². The number of aliphatic hydroxyl groups is 1. The number of aliphatic hydroxyl groups excluding tert-OH is 1. The van der Waals surface area contributed by atoms with Gasteiger partial charge in [0.25, 0.3) is 0 Å². The van der Waals surface area contributed by atoms with E-state index >= 15 is 0 Å². The van der Waals surface area contributed by atoms with Gasteiger partial charge in [0.05, 0.1) is 17.6 Å². The molecule has 7 nitrogen and oxygen atoms in total. The lowest BCUT2D eigenvalue weighted by atomic mass is 9.83. The number of amides is 2. The molecule has 212 valence electrons. The van der Waals surface area contributed by atoms with Gasteiger partial charge in [-0.15, -0.1) is 0 Å². The Kier molecular flexibility index (Phi) is 10.1. The molecule has 1 atom stereocenters. The van der Waals surface area contributed by atoms with Crippen molar-refractivity contribution in [3.8, 4) is 22.4 Å². The largest absolute Gasteiger partial charge is 0.396 e. The third-order valence-electron chi connectivity index (χ3n) is 7.97. The van der Waals surface area contributed by atoms with E-state index in [1.807, 2.05) is 60.7 Å². The van der Waals surface area contributed by atoms with Crippen molar-refractivity contribution < 1.29 is 14.7 Å². The zero-order valence-corrected chi connectivity index (χ0v) is 23.7. The molecule has 4 rings (SSSR count). The molecule has 1 aliphatic rings. The van der Waals surface area contributed by atoms with E-state index in [-0.39, 0.29) is 24.5 Å². The predicted molar refractivity (Wildman–Crippen MR) is 160 cm³/mol. The number of carbonyl (C=O) groups is 2. The Labute approximate surface area is 237 Å². The number of hydrogen-bond acceptors (Lipinski definition) is 5. The van der Waals surface area contributed by atoms with Gasteiger partial charge < -0.3 is 21.5 Å². The van der Waals surface area contributed by atoms with Gasteiger partial charge in [-0.2, -0.15) is 0 Å². The van der Waals surface area contributed by atoms with Crippen LogP contribution in [0, 0.1) is 5.92 Å². The minimum atomic E-state index is -0.560. The minimum Gasteiger partial charge on any atom is -0.396 e. The maximum absolute atomic E-state index is 12.9. The number of benzene rings is 2. The molecule has 0 saturated heterocycles. The van der Waals surface area contributed by atoms with Crippen molar-refractivity contribution in [1.29, 1.82) is 0 Å². The quantitative estimate of drug-likeness (QED) is 0.245. The third-order valence-corrected chi connectivity index (χ3v) is 7.97. The Balaban J connectivity index is 1.52. The van der Waals surface area contributed by atoms with Crippen LogP contribution in [-0.4, -0.2) is 34.6 Å². The second-order valence-electron chi connectivity index (χ2n) is 11.1. The highest BCUT2D eigenvalue weighted by molar-refractivity contribution is 5.93. The summed E-state index contributed by atoms with van der Waals surface area (Å²) in [5, 5.41) is 15.6. The molecule has 1 saturated carbocycles. The van der Waals surface area contributed by atoms with Crippen molar-refractivity contribution in [1.82, 2.24) is 10.3 Å². The van der Waals surface area contributed by atoms with Crippen LogP contribution in [0.15, 0.2) is 66.9 Å². The number of nitrogens with zero attached hydrogens (tertiary/aromatic N) is 1. The molecular weight excluding hydrogens is 500 g/mol. The van der Waals surface area contributed by atoms with Crippen LogP contribution in [0.1, 0.15) is 70.8 Å². The van der Waals surface area contributed by atoms with E-state index < -0.39 is 5.54 Å². The molecule has 0 unspecified atom stereocenters. The van der Waals surface area contributed by atoms with Gasteiger partial charge >= 0.3 is 0 Å². The Morgan fingerprint density at radius 3 is 2.33 bits per heavy atom. The molecule has 2 amide bonds. The van der Waals surface area contributed by atoms with E-state index in [4.69, 9.17) is 10.7 Å². The number of nitrogens with one attached hydrogen (secondary N) is 2. The Morgan fingerprint density at radius 1 is 1.00 bits per heavy atom. The normalized spacial score (nSPS) is 18.5. The Morgan fingerprint density at radius 2 is 1.70 bits per heavy atom. The number of rotatable bonds is 11. The topological polar surface area (TPSA) is 117 Å². The van der Waals surface area contributed by atoms with Crippen molar-refractivity contribution in [2.24, 2.45) is 11.7 Å². The van der Waals surface area contributed by atoms with Crippen LogP contribution >= 0.6 is 0 Å². The summed E-state index contributed by atoms with van der Waals surface area (Å²) in [7, 11) is 0. The van der Waals surface area contributed by atoms with E-state index in [1.54, 1.807) is 13.1 Å². The SMILES string of the molecule is CCC[C@@](N)(CCO)c1ccc(-c2ncc(NC(=O)CC3CCC(NC(C)=O)CC3)cc2-c2ccccc2)cc1. The zero-order chi connectivity index (χ0) is 28.5. The van der Waals surface area contributed by atoms with Gasteiger partial charge in [0.2, 0.25) is 11.8 Å². The number of carbonyl (C=O) groups excluding carboxylic acids is 2. The van der Waals surface area contributed by atoms with Gasteiger partial charge in [-0.25, -0.2) is 0 Å². The second kappa shape index (κ2) is 13.7. The second-order valence-corrected chi connectivity index (χ2v) is 11.1. The number of pyridine rings is 1. The summed E-state index contributed by atoms with van der Waals surface area (Å²) in [4.78, 5) is 29.1. The summed E-state index contributed by atoms with van der Waals surface area (Å²) in [5.74, 6) is 0.311. The number of hydrogen-bond donors (Lipinski definition) is 4. The van der Waals surface area contributed by atoms with E-state index in [0.717, 1.165) is 66.5 Å². The average molecular weight is 543 g/mol. The first-order chi connectivity index (χ1) is 19.3. The standard InChI is InChI=1S/C33H42N4O3/c1-3-17-33(34,18-19-38)27-13-11-26(12-14-27)32-30(25-7-5-4-6-8-25)21-29(22-35-32)37-31(40)20-24-9-15-28(16-10-24)36-23(2)39/h4-8,11-14,21-22,24,28,38H,3,9-10,15-20,34H2,1-2H3,(H,36,39)(H,37,40)/t24?,28?,33-/m1/s1. The van der Waals surface area contributed by atoms with Crippen LogP contribution < -0.4 is 16.4 Å². The Hall–Kier alpha value is -3.55. The molecule has 0 radical (unpaired) electrons. The van der Waals surface area contributed by atoms with Crippen LogP contribution in [-0.2, 0) is 15.1 Å².